The zero-order valence-electron chi connectivity index (χ0n) is 12.2. The minimum absolute atomic E-state index is 0.0564. The quantitative estimate of drug-likeness (QED) is 0.815. The lowest BCUT2D eigenvalue weighted by molar-refractivity contribution is -0.119. The number of rotatable bonds is 3. The molecule has 6 nitrogen and oxygen atoms in total. The van der Waals surface area contributed by atoms with Crippen molar-refractivity contribution in [2.45, 2.75) is 6.42 Å². The molecule has 1 aliphatic rings. The van der Waals surface area contributed by atoms with E-state index < -0.39 is 9.84 Å². The number of nitrogen functional groups attached to an aromatic ring is 1. The molecule has 1 heterocycles. The lowest BCUT2D eigenvalue weighted by Crippen LogP contribution is -2.39. The van der Waals surface area contributed by atoms with Gasteiger partial charge >= 0.3 is 0 Å². The van der Waals surface area contributed by atoms with E-state index in [9.17, 15) is 13.2 Å². The molecule has 1 aliphatic heterocycles. The van der Waals surface area contributed by atoms with Crippen molar-refractivity contribution in [3.8, 4) is 0 Å². The van der Waals surface area contributed by atoms with Gasteiger partial charge in [0.05, 0.1) is 18.1 Å². The Morgan fingerprint density at radius 1 is 1.24 bits per heavy atom. The molecule has 0 aliphatic carbocycles. The summed E-state index contributed by atoms with van der Waals surface area (Å²) in [5.41, 5.74) is 7.05. The average Bonchev–Trinajstić information content (AvgIpc) is 2.60. The van der Waals surface area contributed by atoms with Gasteiger partial charge in [-0.2, -0.15) is 0 Å². The van der Waals surface area contributed by atoms with Crippen LogP contribution < -0.4 is 10.6 Å². The largest absolute Gasteiger partial charge is 0.399 e. The number of nitrogens with zero attached hydrogens (tertiary/aromatic N) is 2. The molecule has 1 saturated heterocycles. The maximum atomic E-state index is 12.3. The molecular formula is C14H21N3O3S. The summed E-state index contributed by atoms with van der Waals surface area (Å²) < 4.78 is 23.1. The summed E-state index contributed by atoms with van der Waals surface area (Å²) in [6.07, 6.45) is 0.585. The fourth-order valence-corrected chi connectivity index (χ4v) is 3.60. The van der Waals surface area contributed by atoms with Crippen LogP contribution >= 0.6 is 0 Å². The summed E-state index contributed by atoms with van der Waals surface area (Å²) in [5, 5.41) is 0. The van der Waals surface area contributed by atoms with Crippen LogP contribution in [-0.2, 0) is 14.6 Å². The number of carbonyl (C=O) groups excluding carboxylic acids is 1. The molecule has 116 valence electrons. The molecule has 2 rings (SSSR count). The molecule has 1 aromatic carbocycles. The maximum absolute atomic E-state index is 12.3. The first-order chi connectivity index (χ1) is 9.87. The highest BCUT2D eigenvalue weighted by Gasteiger charge is 2.22. The van der Waals surface area contributed by atoms with E-state index in [0.29, 0.717) is 25.2 Å². The third-order valence-corrected chi connectivity index (χ3v) is 5.38. The molecule has 0 bridgehead atoms. The van der Waals surface area contributed by atoms with Gasteiger partial charge in [0.15, 0.2) is 9.84 Å². The Morgan fingerprint density at radius 2 is 1.90 bits per heavy atom. The topological polar surface area (TPSA) is 83.7 Å². The Bertz CT molecular complexity index is 598. The smallest absolute Gasteiger partial charge is 0.240 e. The van der Waals surface area contributed by atoms with Crippen LogP contribution in [0.15, 0.2) is 24.3 Å². The molecule has 0 atom stereocenters. The highest BCUT2D eigenvalue weighted by molar-refractivity contribution is 7.91. The van der Waals surface area contributed by atoms with Gasteiger partial charge in [0, 0.05) is 25.0 Å². The second-order valence-electron chi connectivity index (χ2n) is 5.33. The zero-order valence-corrected chi connectivity index (χ0v) is 13.0. The Kier molecular flexibility index (Phi) is 4.84. The molecule has 0 radical (unpaired) electrons. The minimum Gasteiger partial charge on any atom is -0.399 e. The summed E-state index contributed by atoms with van der Waals surface area (Å²) in [6.45, 7) is 1.29. The minimum atomic E-state index is -2.95. The first kappa shape index (κ1) is 15.8. The van der Waals surface area contributed by atoms with E-state index in [1.165, 1.54) is 0 Å². The van der Waals surface area contributed by atoms with E-state index >= 15 is 0 Å². The predicted octanol–water partition coefficient (Wildman–Crippen LogP) is 0.352. The third-order valence-electron chi connectivity index (χ3n) is 3.66. The van der Waals surface area contributed by atoms with Gasteiger partial charge < -0.3 is 10.6 Å². The molecular weight excluding hydrogens is 290 g/mol. The van der Waals surface area contributed by atoms with Crippen molar-refractivity contribution in [3.63, 3.8) is 0 Å². The van der Waals surface area contributed by atoms with E-state index in [1.54, 1.807) is 36.2 Å². The summed E-state index contributed by atoms with van der Waals surface area (Å²) in [5.74, 6) is 0.288. The fourth-order valence-electron chi connectivity index (χ4n) is 2.29. The van der Waals surface area contributed by atoms with Gasteiger partial charge in [0.2, 0.25) is 5.91 Å². The van der Waals surface area contributed by atoms with Crippen LogP contribution in [0, 0.1) is 0 Å². The van der Waals surface area contributed by atoms with Crippen molar-refractivity contribution in [1.29, 1.82) is 0 Å². The Hall–Kier alpha value is -1.60. The van der Waals surface area contributed by atoms with Crippen molar-refractivity contribution in [2.24, 2.45) is 0 Å². The van der Waals surface area contributed by atoms with Crippen molar-refractivity contribution in [2.75, 3.05) is 48.8 Å². The maximum Gasteiger partial charge on any atom is 0.240 e. The van der Waals surface area contributed by atoms with Crippen LogP contribution in [0.2, 0.25) is 0 Å². The standard InChI is InChI=1S/C14H21N3O3S/c1-16(13-5-3-12(15)4-6-13)14(18)11-17-7-2-9-21(19,20)10-8-17/h3-6H,2,7-11,15H2,1H3. The van der Waals surface area contributed by atoms with Gasteiger partial charge in [0.1, 0.15) is 0 Å². The van der Waals surface area contributed by atoms with Gasteiger partial charge in [-0.25, -0.2) is 8.42 Å². The number of sulfone groups is 1. The van der Waals surface area contributed by atoms with Gasteiger partial charge in [-0.15, -0.1) is 0 Å². The molecule has 0 saturated carbocycles. The number of hydrogen-bond acceptors (Lipinski definition) is 5. The van der Waals surface area contributed by atoms with Crippen molar-refractivity contribution < 1.29 is 13.2 Å². The molecule has 7 heteroatoms. The second kappa shape index (κ2) is 6.44. The van der Waals surface area contributed by atoms with E-state index in [1.807, 2.05) is 4.90 Å². The van der Waals surface area contributed by atoms with Crippen molar-refractivity contribution in [1.82, 2.24) is 4.90 Å². The molecule has 2 N–H and O–H groups in total. The van der Waals surface area contributed by atoms with Crippen LogP contribution in [0.1, 0.15) is 6.42 Å². The number of nitrogens with two attached hydrogens (primary N) is 1. The van der Waals surface area contributed by atoms with E-state index in [4.69, 9.17) is 5.73 Å². The molecule has 0 unspecified atom stereocenters. The van der Waals surface area contributed by atoms with Crippen LogP contribution in [0.4, 0.5) is 11.4 Å². The Morgan fingerprint density at radius 3 is 2.57 bits per heavy atom. The number of benzene rings is 1. The van der Waals surface area contributed by atoms with Crippen molar-refractivity contribution >= 4 is 27.1 Å². The first-order valence-corrected chi connectivity index (χ1v) is 8.74. The van der Waals surface area contributed by atoms with E-state index in [2.05, 4.69) is 0 Å². The highest BCUT2D eigenvalue weighted by atomic mass is 32.2. The van der Waals surface area contributed by atoms with Gasteiger partial charge in [-0.05, 0) is 37.2 Å². The van der Waals surface area contributed by atoms with Gasteiger partial charge in [-0.3, -0.25) is 9.69 Å². The molecule has 1 fully saturated rings. The molecule has 21 heavy (non-hydrogen) atoms. The van der Waals surface area contributed by atoms with Crippen LogP contribution in [0.5, 0.6) is 0 Å². The van der Waals surface area contributed by atoms with Crippen LogP contribution in [0.25, 0.3) is 0 Å². The molecule has 1 amide bonds. The summed E-state index contributed by atoms with van der Waals surface area (Å²) in [6, 6.07) is 7.08. The fraction of sp³-hybridized carbons (Fsp3) is 0.500. The van der Waals surface area contributed by atoms with Crippen LogP contribution in [0.3, 0.4) is 0 Å². The normalized spacial score (nSPS) is 18.9. The first-order valence-electron chi connectivity index (χ1n) is 6.92. The van der Waals surface area contributed by atoms with Gasteiger partial charge in [-0.1, -0.05) is 0 Å². The number of amides is 1. The lowest BCUT2D eigenvalue weighted by atomic mass is 10.2. The lowest BCUT2D eigenvalue weighted by Gasteiger charge is -2.23. The molecule has 1 aromatic rings. The van der Waals surface area contributed by atoms with Crippen LogP contribution in [-0.4, -0.2) is 57.4 Å². The molecule has 0 aromatic heterocycles. The third kappa shape index (κ3) is 4.44. The second-order valence-corrected chi connectivity index (χ2v) is 7.63. The van der Waals surface area contributed by atoms with Gasteiger partial charge in [0.25, 0.3) is 0 Å². The monoisotopic (exact) mass is 311 g/mol. The number of hydrogen-bond donors (Lipinski definition) is 1. The summed E-state index contributed by atoms with van der Waals surface area (Å²) in [4.78, 5) is 15.7. The summed E-state index contributed by atoms with van der Waals surface area (Å²) >= 11 is 0. The van der Waals surface area contributed by atoms with E-state index in [0.717, 1.165) is 5.69 Å². The average molecular weight is 311 g/mol. The number of carbonyl (C=O) groups is 1. The molecule has 0 spiro atoms. The SMILES string of the molecule is CN(C(=O)CN1CCCS(=O)(=O)CC1)c1ccc(N)cc1. The predicted molar refractivity (Wildman–Crippen MR) is 84.0 cm³/mol. The number of likely N-dealkylation sites (N-methyl/N-ethyl adjacent to an activating group) is 1. The van der Waals surface area contributed by atoms with Crippen molar-refractivity contribution in [3.05, 3.63) is 24.3 Å². The number of anilines is 2. The Balaban J connectivity index is 1.96. The highest BCUT2D eigenvalue weighted by Crippen LogP contribution is 2.15. The summed E-state index contributed by atoms with van der Waals surface area (Å²) in [7, 11) is -1.23. The van der Waals surface area contributed by atoms with E-state index in [-0.39, 0.29) is 24.0 Å². The zero-order chi connectivity index (χ0) is 15.5. The Labute approximate surface area is 125 Å².